The lowest BCUT2D eigenvalue weighted by Gasteiger charge is -2.08. The highest BCUT2D eigenvalue weighted by Gasteiger charge is 2.09. The van der Waals surface area contributed by atoms with Crippen molar-refractivity contribution in [1.29, 1.82) is 0 Å². The van der Waals surface area contributed by atoms with Crippen LogP contribution in [0.2, 0.25) is 0 Å². The fourth-order valence-corrected chi connectivity index (χ4v) is 2.13. The van der Waals surface area contributed by atoms with Gasteiger partial charge in [-0.25, -0.2) is 4.68 Å². The first-order valence-electron chi connectivity index (χ1n) is 6.49. The molecule has 8 heteroatoms. The molecule has 0 aliphatic rings. The zero-order chi connectivity index (χ0) is 14.1. The van der Waals surface area contributed by atoms with Crippen LogP contribution in [0.1, 0.15) is 20.8 Å². The van der Waals surface area contributed by atoms with Gasteiger partial charge >= 0.3 is 0 Å². The third kappa shape index (κ3) is 6.53. The average molecular weight is 286 g/mol. The molecule has 1 aromatic rings. The van der Waals surface area contributed by atoms with Crippen molar-refractivity contribution < 1.29 is 4.79 Å². The van der Waals surface area contributed by atoms with Gasteiger partial charge in [0.1, 0.15) is 0 Å². The maximum absolute atomic E-state index is 11.4. The number of hydrogen-bond acceptors (Lipinski definition) is 6. The summed E-state index contributed by atoms with van der Waals surface area (Å²) in [4.78, 5) is 11.4. The minimum atomic E-state index is -0.0000159. The molecule has 0 saturated heterocycles. The van der Waals surface area contributed by atoms with Crippen LogP contribution in [-0.4, -0.2) is 51.5 Å². The molecule has 1 rings (SSSR count). The number of carbonyl (C=O) groups excluding carboxylic acids is 1. The summed E-state index contributed by atoms with van der Waals surface area (Å²) in [7, 11) is 0. The van der Waals surface area contributed by atoms with Crippen LogP contribution in [0.25, 0.3) is 0 Å². The molecule has 7 nitrogen and oxygen atoms in total. The fourth-order valence-electron chi connectivity index (χ4n) is 1.39. The Morgan fingerprint density at radius 2 is 2.26 bits per heavy atom. The molecule has 1 heterocycles. The smallest absolute Gasteiger partial charge is 0.230 e. The second kappa shape index (κ2) is 8.87. The topological polar surface area (TPSA) is 84.7 Å². The van der Waals surface area contributed by atoms with E-state index in [2.05, 4.69) is 40.0 Å². The van der Waals surface area contributed by atoms with E-state index in [4.69, 9.17) is 0 Å². The fraction of sp³-hybridized carbons (Fsp3) is 0.818. The van der Waals surface area contributed by atoms with Crippen LogP contribution in [-0.2, 0) is 11.3 Å². The maximum Gasteiger partial charge on any atom is 0.230 e. The van der Waals surface area contributed by atoms with Crippen molar-refractivity contribution in [2.75, 3.05) is 25.4 Å². The Morgan fingerprint density at radius 3 is 2.95 bits per heavy atom. The number of amides is 1. The summed E-state index contributed by atoms with van der Waals surface area (Å²) >= 11 is 1.35. The van der Waals surface area contributed by atoms with Crippen LogP contribution < -0.4 is 10.6 Å². The van der Waals surface area contributed by atoms with Crippen LogP contribution in [0.4, 0.5) is 0 Å². The molecular formula is C11H22N6OS. The second-order valence-corrected chi connectivity index (χ2v) is 5.47. The van der Waals surface area contributed by atoms with Gasteiger partial charge in [-0.05, 0) is 29.8 Å². The highest BCUT2D eigenvalue weighted by molar-refractivity contribution is 7.99. The molecule has 0 unspecified atom stereocenters. The first kappa shape index (κ1) is 15.9. The highest BCUT2D eigenvalue weighted by Crippen LogP contribution is 2.12. The standard InChI is InChI=1S/C11H22N6OS/c1-4-13-10(18)8-19-11-14-15-16-17(11)6-5-12-7-9(2)3/h9,12H,4-8H2,1-3H3,(H,13,18). The van der Waals surface area contributed by atoms with Gasteiger partial charge in [-0.2, -0.15) is 0 Å². The molecule has 0 aliphatic carbocycles. The van der Waals surface area contributed by atoms with Crippen molar-refractivity contribution in [2.45, 2.75) is 32.5 Å². The van der Waals surface area contributed by atoms with E-state index in [1.807, 2.05) is 6.92 Å². The van der Waals surface area contributed by atoms with E-state index >= 15 is 0 Å². The van der Waals surface area contributed by atoms with Gasteiger partial charge < -0.3 is 10.6 Å². The molecule has 0 radical (unpaired) electrons. The molecule has 0 aromatic carbocycles. The van der Waals surface area contributed by atoms with Gasteiger partial charge in [-0.1, -0.05) is 25.6 Å². The summed E-state index contributed by atoms with van der Waals surface area (Å²) in [6, 6.07) is 0. The number of carbonyl (C=O) groups is 1. The van der Waals surface area contributed by atoms with Gasteiger partial charge in [0.2, 0.25) is 11.1 Å². The summed E-state index contributed by atoms with van der Waals surface area (Å²) in [6.07, 6.45) is 0. The Bertz CT molecular complexity index is 381. The molecule has 19 heavy (non-hydrogen) atoms. The number of nitrogens with zero attached hydrogens (tertiary/aromatic N) is 4. The van der Waals surface area contributed by atoms with Crippen LogP contribution >= 0.6 is 11.8 Å². The molecule has 0 aliphatic heterocycles. The van der Waals surface area contributed by atoms with E-state index in [-0.39, 0.29) is 5.91 Å². The van der Waals surface area contributed by atoms with Gasteiger partial charge in [-0.3, -0.25) is 4.79 Å². The molecule has 108 valence electrons. The van der Waals surface area contributed by atoms with E-state index in [0.717, 1.165) is 13.1 Å². The molecule has 0 bridgehead atoms. The number of thioether (sulfide) groups is 1. The molecule has 0 atom stereocenters. The largest absolute Gasteiger partial charge is 0.356 e. The van der Waals surface area contributed by atoms with Gasteiger partial charge in [0, 0.05) is 13.1 Å². The van der Waals surface area contributed by atoms with Gasteiger partial charge in [-0.15, -0.1) is 5.10 Å². The normalized spacial score (nSPS) is 10.9. The Morgan fingerprint density at radius 1 is 1.47 bits per heavy atom. The highest BCUT2D eigenvalue weighted by atomic mass is 32.2. The Labute approximate surface area is 117 Å². The molecule has 0 fully saturated rings. The number of tetrazole rings is 1. The van der Waals surface area contributed by atoms with Crippen molar-refractivity contribution >= 4 is 17.7 Å². The second-order valence-electron chi connectivity index (χ2n) is 4.52. The van der Waals surface area contributed by atoms with Crippen molar-refractivity contribution in [2.24, 2.45) is 5.92 Å². The van der Waals surface area contributed by atoms with E-state index in [9.17, 15) is 4.79 Å². The van der Waals surface area contributed by atoms with Crippen LogP contribution in [0.3, 0.4) is 0 Å². The third-order valence-electron chi connectivity index (χ3n) is 2.26. The monoisotopic (exact) mass is 286 g/mol. The van der Waals surface area contributed by atoms with Crippen molar-refractivity contribution in [3.05, 3.63) is 0 Å². The van der Waals surface area contributed by atoms with Gasteiger partial charge in [0.25, 0.3) is 0 Å². The van der Waals surface area contributed by atoms with E-state index in [1.54, 1.807) is 4.68 Å². The zero-order valence-electron chi connectivity index (χ0n) is 11.7. The SMILES string of the molecule is CCNC(=O)CSc1nnnn1CCNCC(C)C. The molecule has 2 N–H and O–H groups in total. The third-order valence-corrected chi connectivity index (χ3v) is 3.22. The molecule has 0 spiro atoms. The van der Waals surface area contributed by atoms with Gasteiger partial charge in [0.15, 0.2) is 0 Å². The Kier molecular flexibility index (Phi) is 7.42. The summed E-state index contributed by atoms with van der Waals surface area (Å²) in [5.41, 5.74) is 0. The zero-order valence-corrected chi connectivity index (χ0v) is 12.5. The predicted octanol–water partition coefficient (Wildman–Crippen LogP) is 0.147. The summed E-state index contributed by atoms with van der Waals surface area (Å²) in [6.45, 7) is 9.37. The van der Waals surface area contributed by atoms with Crippen LogP contribution in [0.5, 0.6) is 0 Å². The summed E-state index contributed by atoms with van der Waals surface area (Å²) in [5, 5.41) is 18.2. The lowest BCUT2D eigenvalue weighted by Crippen LogP contribution is -2.26. The minimum Gasteiger partial charge on any atom is -0.356 e. The Hall–Kier alpha value is -1.15. The quantitative estimate of drug-likeness (QED) is 0.496. The lowest BCUT2D eigenvalue weighted by atomic mass is 10.2. The average Bonchev–Trinajstić information content (AvgIpc) is 2.80. The predicted molar refractivity (Wildman–Crippen MR) is 74.9 cm³/mol. The summed E-state index contributed by atoms with van der Waals surface area (Å²) < 4.78 is 1.72. The minimum absolute atomic E-state index is 0.0000159. The Balaban J connectivity index is 2.31. The van der Waals surface area contributed by atoms with Crippen LogP contribution in [0.15, 0.2) is 5.16 Å². The number of hydrogen-bond donors (Lipinski definition) is 2. The first-order chi connectivity index (χ1) is 9.13. The molecule has 1 aromatic heterocycles. The molecular weight excluding hydrogens is 264 g/mol. The van der Waals surface area contributed by atoms with E-state index < -0.39 is 0 Å². The van der Waals surface area contributed by atoms with Crippen molar-refractivity contribution in [3.8, 4) is 0 Å². The number of nitrogens with one attached hydrogen (secondary N) is 2. The van der Waals surface area contributed by atoms with E-state index in [0.29, 0.717) is 29.9 Å². The maximum atomic E-state index is 11.4. The van der Waals surface area contributed by atoms with Crippen LogP contribution in [0, 0.1) is 5.92 Å². The van der Waals surface area contributed by atoms with Crippen molar-refractivity contribution in [1.82, 2.24) is 30.8 Å². The number of aromatic nitrogens is 4. The first-order valence-corrected chi connectivity index (χ1v) is 7.48. The van der Waals surface area contributed by atoms with Crippen molar-refractivity contribution in [3.63, 3.8) is 0 Å². The van der Waals surface area contributed by atoms with Gasteiger partial charge in [0.05, 0.1) is 12.3 Å². The van der Waals surface area contributed by atoms with E-state index in [1.165, 1.54) is 11.8 Å². The molecule has 1 amide bonds. The molecule has 0 saturated carbocycles. The number of rotatable bonds is 9. The lowest BCUT2D eigenvalue weighted by molar-refractivity contribution is -0.118. The summed E-state index contributed by atoms with van der Waals surface area (Å²) in [5.74, 6) is 0.966.